The summed E-state index contributed by atoms with van der Waals surface area (Å²) in [6, 6.07) is 10.0. The van der Waals surface area contributed by atoms with Crippen LogP contribution in [-0.4, -0.2) is 39.3 Å². The summed E-state index contributed by atoms with van der Waals surface area (Å²) in [7, 11) is 1.43. The van der Waals surface area contributed by atoms with Crippen molar-refractivity contribution in [2.24, 2.45) is 5.73 Å². The topological polar surface area (TPSA) is 76.4 Å². The molecule has 124 valence electrons. The number of esters is 1. The Hall–Kier alpha value is -1.43. The molecule has 4 N–H and O–H groups in total. The van der Waals surface area contributed by atoms with Crippen molar-refractivity contribution in [2.75, 3.05) is 33.3 Å². The molecule has 0 radical (unpaired) electrons. The molecule has 5 heteroatoms. The first-order valence-electron chi connectivity index (χ1n) is 8.04. The third-order valence-electron chi connectivity index (χ3n) is 3.53. The van der Waals surface area contributed by atoms with Crippen LogP contribution in [0.4, 0.5) is 0 Å². The van der Waals surface area contributed by atoms with Crippen LogP contribution in [0.3, 0.4) is 0 Å². The molecule has 0 aliphatic heterocycles. The molecule has 1 aromatic carbocycles. The number of methoxy groups -OCH3 is 1. The van der Waals surface area contributed by atoms with Gasteiger partial charge in [-0.05, 0) is 51.0 Å². The minimum absolute atomic E-state index is 0.00545. The predicted octanol–water partition coefficient (Wildman–Crippen LogP) is 1.60. The molecule has 0 aromatic heterocycles. The molecular weight excluding hydrogens is 278 g/mol. The molecule has 0 fully saturated rings. The van der Waals surface area contributed by atoms with Gasteiger partial charge in [0.25, 0.3) is 0 Å². The van der Waals surface area contributed by atoms with E-state index in [1.165, 1.54) is 7.11 Å². The number of ether oxygens (including phenoxy) is 1. The summed E-state index contributed by atoms with van der Waals surface area (Å²) in [5.74, 6) is -0.193. The summed E-state index contributed by atoms with van der Waals surface area (Å²) in [6.07, 6.45) is 3.57. The van der Waals surface area contributed by atoms with Crippen LogP contribution in [0, 0.1) is 0 Å². The van der Waals surface area contributed by atoms with E-state index in [2.05, 4.69) is 10.6 Å². The van der Waals surface area contributed by atoms with Crippen LogP contribution >= 0.6 is 0 Å². The molecular formula is C17H29N3O2. The van der Waals surface area contributed by atoms with E-state index < -0.39 is 0 Å². The van der Waals surface area contributed by atoms with Gasteiger partial charge in [0.15, 0.2) is 0 Å². The molecule has 0 saturated carbocycles. The summed E-state index contributed by atoms with van der Waals surface area (Å²) in [5.41, 5.74) is 6.57. The fourth-order valence-corrected chi connectivity index (χ4v) is 2.25. The number of nitrogens with two attached hydrogens (primary N) is 1. The Morgan fingerprint density at radius 2 is 1.86 bits per heavy atom. The van der Waals surface area contributed by atoms with E-state index in [9.17, 15) is 4.79 Å². The van der Waals surface area contributed by atoms with Crippen molar-refractivity contribution in [1.29, 1.82) is 0 Å². The highest BCUT2D eigenvalue weighted by Gasteiger charge is 2.15. The van der Waals surface area contributed by atoms with E-state index in [1.54, 1.807) is 0 Å². The SMILES string of the molecule is COC(=O)C[C@H](NCCCNCCCCN)c1ccccc1. The molecule has 22 heavy (non-hydrogen) atoms. The lowest BCUT2D eigenvalue weighted by Crippen LogP contribution is -2.28. The average molecular weight is 307 g/mol. The van der Waals surface area contributed by atoms with Gasteiger partial charge < -0.3 is 21.1 Å². The first-order chi connectivity index (χ1) is 10.8. The lowest BCUT2D eigenvalue weighted by atomic mass is 10.0. The molecule has 1 atom stereocenters. The fourth-order valence-electron chi connectivity index (χ4n) is 2.25. The van der Waals surface area contributed by atoms with E-state index in [0.717, 1.165) is 51.0 Å². The second-order valence-electron chi connectivity index (χ2n) is 5.30. The van der Waals surface area contributed by atoms with Crippen LogP contribution in [-0.2, 0) is 9.53 Å². The molecule has 1 aromatic rings. The van der Waals surface area contributed by atoms with Crippen molar-refractivity contribution in [2.45, 2.75) is 31.7 Å². The van der Waals surface area contributed by atoms with E-state index in [4.69, 9.17) is 10.5 Å². The van der Waals surface area contributed by atoms with Crippen molar-refractivity contribution in [3.8, 4) is 0 Å². The first kappa shape index (κ1) is 18.6. The van der Waals surface area contributed by atoms with Gasteiger partial charge >= 0.3 is 5.97 Å². The molecule has 0 spiro atoms. The summed E-state index contributed by atoms with van der Waals surface area (Å²) in [6.45, 7) is 3.61. The third kappa shape index (κ3) is 8.12. The lowest BCUT2D eigenvalue weighted by Gasteiger charge is -2.18. The largest absolute Gasteiger partial charge is 0.469 e. The number of unbranched alkanes of at least 4 members (excludes halogenated alkanes) is 1. The van der Waals surface area contributed by atoms with E-state index in [-0.39, 0.29) is 12.0 Å². The minimum atomic E-state index is -0.193. The van der Waals surface area contributed by atoms with Crippen LogP contribution in [0.5, 0.6) is 0 Å². The molecule has 0 heterocycles. The lowest BCUT2D eigenvalue weighted by molar-refractivity contribution is -0.141. The Morgan fingerprint density at radius 1 is 1.14 bits per heavy atom. The Balaban J connectivity index is 2.28. The Kier molecular flexibility index (Phi) is 10.3. The number of benzene rings is 1. The molecule has 0 aliphatic carbocycles. The smallest absolute Gasteiger partial charge is 0.307 e. The monoisotopic (exact) mass is 307 g/mol. The van der Waals surface area contributed by atoms with Gasteiger partial charge in [0, 0.05) is 6.04 Å². The summed E-state index contributed by atoms with van der Waals surface area (Å²) in [5, 5.41) is 6.84. The third-order valence-corrected chi connectivity index (χ3v) is 3.53. The zero-order valence-electron chi connectivity index (χ0n) is 13.5. The molecule has 0 saturated heterocycles. The van der Waals surface area contributed by atoms with Crippen molar-refractivity contribution < 1.29 is 9.53 Å². The normalized spacial score (nSPS) is 12.1. The van der Waals surface area contributed by atoms with E-state index in [1.807, 2.05) is 30.3 Å². The highest BCUT2D eigenvalue weighted by Crippen LogP contribution is 2.16. The second kappa shape index (κ2) is 12.1. The quantitative estimate of drug-likeness (QED) is 0.404. The average Bonchev–Trinajstić information content (AvgIpc) is 2.56. The van der Waals surface area contributed by atoms with Gasteiger partial charge in [-0.1, -0.05) is 30.3 Å². The fraction of sp³-hybridized carbons (Fsp3) is 0.588. The van der Waals surface area contributed by atoms with Crippen molar-refractivity contribution >= 4 is 5.97 Å². The van der Waals surface area contributed by atoms with Crippen LogP contribution in [0.1, 0.15) is 37.3 Å². The summed E-state index contributed by atoms with van der Waals surface area (Å²) < 4.78 is 4.78. The van der Waals surface area contributed by atoms with Crippen LogP contribution in [0.15, 0.2) is 30.3 Å². The first-order valence-corrected chi connectivity index (χ1v) is 8.04. The second-order valence-corrected chi connectivity index (χ2v) is 5.30. The van der Waals surface area contributed by atoms with Crippen LogP contribution in [0.25, 0.3) is 0 Å². The maximum atomic E-state index is 11.5. The molecule has 0 amide bonds. The van der Waals surface area contributed by atoms with E-state index >= 15 is 0 Å². The number of rotatable bonds is 12. The zero-order valence-corrected chi connectivity index (χ0v) is 13.5. The Labute approximate surface area is 133 Å². The van der Waals surface area contributed by atoms with Gasteiger partial charge in [0.05, 0.1) is 13.5 Å². The molecule has 0 unspecified atom stereocenters. The van der Waals surface area contributed by atoms with E-state index in [0.29, 0.717) is 6.42 Å². The van der Waals surface area contributed by atoms with Gasteiger partial charge in [-0.3, -0.25) is 4.79 Å². The molecule has 5 nitrogen and oxygen atoms in total. The number of nitrogens with one attached hydrogen (secondary N) is 2. The highest BCUT2D eigenvalue weighted by atomic mass is 16.5. The van der Waals surface area contributed by atoms with Gasteiger partial charge in [-0.25, -0.2) is 0 Å². The Morgan fingerprint density at radius 3 is 2.55 bits per heavy atom. The maximum Gasteiger partial charge on any atom is 0.307 e. The van der Waals surface area contributed by atoms with Crippen LogP contribution in [0.2, 0.25) is 0 Å². The standard InChI is InChI=1S/C17H29N3O2/c1-22-17(21)14-16(15-8-3-2-4-9-15)20-13-7-12-19-11-6-5-10-18/h2-4,8-9,16,19-20H,5-7,10-14,18H2,1H3/t16-/m0/s1. The van der Waals surface area contributed by atoms with Crippen molar-refractivity contribution in [3.63, 3.8) is 0 Å². The Bertz CT molecular complexity index is 398. The number of carbonyl (C=O) groups excluding carboxylic acids is 1. The van der Waals surface area contributed by atoms with Gasteiger partial charge in [-0.2, -0.15) is 0 Å². The minimum Gasteiger partial charge on any atom is -0.469 e. The number of hydrogen-bond donors (Lipinski definition) is 3. The number of hydrogen-bond acceptors (Lipinski definition) is 5. The summed E-state index contributed by atoms with van der Waals surface area (Å²) in [4.78, 5) is 11.5. The summed E-state index contributed by atoms with van der Waals surface area (Å²) >= 11 is 0. The van der Waals surface area contributed by atoms with Crippen molar-refractivity contribution in [1.82, 2.24) is 10.6 Å². The van der Waals surface area contributed by atoms with Crippen LogP contribution < -0.4 is 16.4 Å². The van der Waals surface area contributed by atoms with Gasteiger partial charge in [-0.15, -0.1) is 0 Å². The maximum absolute atomic E-state index is 11.5. The highest BCUT2D eigenvalue weighted by molar-refractivity contribution is 5.70. The molecule has 1 rings (SSSR count). The molecule has 0 aliphatic rings. The van der Waals surface area contributed by atoms with Gasteiger partial charge in [0.2, 0.25) is 0 Å². The zero-order chi connectivity index (χ0) is 16.0. The molecule has 0 bridgehead atoms. The van der Waals surface area contributed by atoms with Gasteiger partial charge in [0.1, 0.15) is 0 Å². The predicted molar refractivity (Wildman–Crippen MR) is 89.6 cm³/mol. The number of carbonyl (C=O) groups is 1. The van der Waals surface area contributed by atoms with Crippen molar-refractivity contribution in [3.05, 3.63) is 35.9 Å².